The van der Waals surface area contributed by atoms with Crippen molar-refractivity contribution in [2.75, 3.05) is 17.5 Å². The average molecular weight is 447 g/mol. The lowest BCUT2D eigenvalue weighted by Crippen LogP contribution is -2.46. The first-order valence-corrected chi connectivity index (χ1v) is 12.1. The van der Waals surface area contributed by atoms with Crippen molar-refractivity contribution in [2.45, 2.75) is 43.5 Å². The lowest BCUT2D eigenvalue weighted by atomic mass is 9.95. The van der Waals surface area contributed by atoms with Gasteiger partial charge in [0, 0.05) is 6.04 Å². The fourth-order valence-electron chi connectivity index (χ4n) is 4.73. The van der Waals surface area contributed by atoms with Crippen molar-refractivity contribution >= 4 is 21.6 Å². The summed E-state index contributed by atoms with van der Waals surface area (Å²) in [5, 5.41) is 3.03. The van der Waals surface area contributed by atoms with E-state index in [4.69, 9.17) is 4.74 Å². The van der Waals surface area contributed by atoms with Gasteiger partial charge in [-0.25, -0.2) is 12.8 Å². The fourth-order valence-corrected chi connectivity index (χ4v) is 6.15. The van der Waals surface area contributed by atoms with E-state index >= 15 is 0 Å². The Kier molecular flexibility index (Phi) is 6.18. The zero-order valence-electron chi connectivity index (χ0n) is 17.5. The van der Waals surface area contributed by atoms with Crippen LogP contribution in [0.15, 0.2) is 53.4 Å². The van der Waals surface area contributed by atoms with Crippen LogP contribution in [0.5, 0.6) is 5.75 Å². The number of hydrogen-bond acceptors (Lipinski definition) is 4. The molecule has 2 aliphatic rings. The molecule has 1 N–H and O–H groups in total. The fraction of sp³-hybridized carbons (Fsp3) is 0.435. The van der Waals surface area contributed by atoms with Crippen molar-refractivity contribution in [3.63, 3.8) is 0 Å². The minimum atomic E-state index is -4.04. The van der Waals surface area contributed by atoms with Crippen LogP contribution in [0, 0.1) is 17.7 Å². The number of carbonyl (C=O) groups is 1. The van der Waals surface area contributed by atoms with Gasteiger partial charge < -0.3 is 10.1 Å². The molecule has 2 fully saturated rings. The number of halogens is 1. The van der Waals surface area contributed by atoms with E-state index in [1.165, 1.54) is 42.8 Å². The number of anilines is 1. The zero-order chi connectivity index (χ0) is 22.0. The average Bonchev–Trinajstić information content (AvgIpc) is 3.37. The van der Waals surface area contributed by atoms with Crippen molar-refractivity contribution < 1.29 is 22.3 Å². The van der Waals surface area contributed by atoms with E-state index in [1.807, 2.05) is 6.92 Å². The molecule has 0 aromatic heterocycles. The highest BCUT2D eigenvalue weighted by atomic mass is 32.2. The number of hydrogen-bond donors (Lipinski definition) is 1. The van der Waals surface area contributed by atoms with E-state index in [1.54, 1.807) is 12.1 Å². The molecule has 3 unspecified atom stereocenters. The van der Waals surface area contributed by atoms with E-state index in [0.29, 0.717) is 24.2 Å². The molecule has 2 saturated carbocycles. The van der Waals surface area contributed by atoms with E-state index < -0.39 is 15.8 Å². The standard InChI is InChI=1S/C23H27FN2O4S/c1-2-30-20-9-11-21(12-10-20)31(28,29)26(19-7-5-18(24)6-8-19)15-23(27)25-22-14-16-3-4-17(22)13-16/h5-12,16-17,22H,2-4,13-15H2,1H3,(H,25,27). The summed E-state index contributed by atoms with van der Waals surface area (Å²) in [6, 6.07) is 11.3. The van der Waals surface area contributed by atoms with Gasteiger partial charge in [-0.05, 0) is 86.6 Å². The van der Waals surface area contributed by atoms with Gasteiger partial charge in [0.05, 0.1) is 17.2 Å². The zero-order valence-corrected chi connectivity index (χ0v) is 18.3. The smallest absolute Gasteiger partial charge is 0.264 e. The van der Waals surface area contributed by atoms with Gasteiger partial charge in [0.1, 0.15) is 18.1 Å². The van der Waals surface area contributed by atoms with Gasteiger partial charge in [-0.1, -0.05) is 6.42 Å². The Labute approximate surface area is 182 Å². The van der Waals surface area contributed by atoms with Crippen molar-refractivity contribution in [1.82, 2.24) is 5.32 Å². The second kappa shape index (κ2) is 8.86. The third-order valence-corrected chi connectivity index (χ3v) is 8.00. The number of ether oxygens (including phenoxy) is 1. The Bertz CT molecular complexity index is 1020. The van der Waals surface area contributed by atoms with E-state index in [-0.39, 0.29) is 29.1 Å². The molecular formula is C23H27FN2O4S. The Morgan fingerprint density at radius 1 is 1.10 bits per heavy atom. The molecule has 0 saturated heterocycles. The number of benzene rings is 2. The third kappa shape index (κ3) is 4.69. The lowest BCUT2D eigenvalue weighted by molar-refractivity contribution is -0.120. The highest BCUT2D eigenvalue weighted by Crippen LogP contribution is 2.44. The summed E-state index contributed by atoms with van der Waals surface area (Å²) >= 11 is 0. The van der Waals surface area contributed by atoms with Crippen LogP contribution < -0.4 is 14.4 Å². The van der Waals surface area contributed by atoms with Crippen LogP contribution >= 0.6 is 0 Å². The second-order valence-corrected chi connectivity index (χ2v) is 10.1. The first kappa shape index (κ1) is 21.6. The molecule has 2 bridgehead atoms. The molecule has 166 valence electrons. The number of amides is 1. The summed E-state index contributed by atoms with van der Waals surface area (Å²) in [5.74, 6) is 0.876. The summed E-state index contributed by atoms with van der Waals surface area (Å²) in [4.78, 5) is 12.9. The van der Waals surface area contributed by atoms with E-state index in [0.717, 1.165) is 23.6 Å². The maximum Gasteiger partial charge on any atom is 0.264 e. The van der Waals surface area contributed by atoms with Crippen LogP contribution in [0.25, 0.3) is 0 Å². The molecule has 0 heterocycles. The van der Waals surface area contributed by atoms with Crippen LogP contribution in [0.2, 0.25) is 0 Å². The maximum atomic E-state index is 13.4. The first-order chi connectivity index (χ1) is 14.9. The number of fused-ring (bicyclic) bond motifs is 2. The molecular weight excluding hydrogens is 419 g/mol. The van der Waals surface area contributed by atoms with Crippen LogP contribution in [0.3, 0.4) is 0 Å². The van der Waals surface area contributed by atoms with Crippen molar-refractivity contribution in [2.24, 2.45) is 11.8 Å². The van der Waals surface area contributed by atoms with E-state index in [9.17, 15) is 17.6 Å². The van der Waals surface area contributed by atoms with Crippen LogP contribution in [0.1, 0.15) is 32.6 Å². The van der Waals surface area contributed by atoms with Gasteiger partial charge in [0.2, 0.25) is 5.91 Å². The van der Waals surface area contributed by atoms with Gasteiger partial charge >= 0.3 is 0 Å². The van der Waals surface area contributed by atoms with Gasteiger partial charge in [-0.3, -0.25) is 9.10 Å². The minimum absolute atomic E-state index is 0.0352. The summed E-state index contributed by atoms with van der Waals surface area (Å²) in [6.45, 7) is 1.95. The number of sulfonamides is 1. The van der Waals surface area contributed by atoms with Gasteiger partial charge in [-0.2, -0.15) is 0 Å². The predicted octanol–water partition coefficient (Wildman–Crippen LogP) is 3.72. The molecule has 8 heteroatoms. The molecule has 31 heavy (non-hydrogen) atoms. The summed E-state index contributed by atoms with van der Waals surface area (Å²) in [6.07, 6.45) is 4.42. The molecule has 2 aliphatic carbocycles. The molecule has 4 rings (SSSR count). The topological polar surface area (TPSA) is 75.7 Å². The molecule has 6 nitrogen and oxygen atoms in total. The number of nitrogens with one attached hydrogen (secondary N) is 1. The highest BCUT2D eigenvalue weighted by Gasteiger charge is 2.40. The van der Waals surface area contributed by atoms with Gasteiger partial charge in [-0.15, -0.1) is 0 Å². The van der Waals surface area contributed by atoms with Gasteiger partial charge in [0.15, 0.2) is 0 Å². The number of carbonyl (C=O) groups excluding carboxylic acids is 1. The Hall–Kier alpha value is -2.61. The SMILES string of the molecule is CCOc1ccc(S(=O)(=O)N(CC(=O)NC2CC3CCC2C3)c2ccc(F)cc2)cc1. The predicted molar refractivity (Wildman–Crippen MR) is 116 cm³/mol. The minimum Gasteiger partial charge on any atom is -0.494 e. The number of nitrogens with zero attached hydrogens (tertiary/aromatic N) is 1. The van der Waals surface area contributed by atoms with Crippen LogP contribution in [-0.2, 0) is 14.8 Å². The summed E-state index contributed by atoms with van der Waals surface area (Å²) in [7, 11) is -4.04. The van der Waals surface area contributed by atoms with Crippen molar-refractivity contribution in [1.29, 1.82) is 0 Å². The molecule has 0 aliphatic heterocycles. The van der Waals surface area contributed by atoms with E-state index in [2.05, 4.69) is 5.32 Å². The quantitative estimate of drug-likeness (QED) is 0.671. The monoisotopic (exact) mass is 446 g/mol. The Morgan fingerprint density at radius 2 is 1.81 bits per heavy atom. The molecule has 1 amide bonds. The first-order valence-electron chi connectivity index (χ1n) is 10.7. The largest absolute Gasteiger partial charge is 0.494 e. The molecule has 2 aromatic rings. The Morgan fingerprint density at radius 3 is 2.39 bits per heavy atom. The molecule has 0 spiro atoms. The van der Waals surface area contributed by atoms with Crippen molar-refractivity contribution in [3.05, 3.63) is 54.3 Å². The molecule has 3 atom stereocenters. The van der Waals surface area contributed by atoms with Crippen LogP contribution in [0.4, 0.5) is 10.1 Å². The summed E-state index contributed by atoms with van der Waals surface area (Å²) < 4.78 is 46.7. The third-order valence-electron chi connectivity index (χ3n) is 6.21. The molecule has 2 aromatic carbocycles. The lowest BCUT2D eigenvalue weighted by Gasteiger charge is -2.27. The molecule has 0 radical (unpaired) electrons. The Balaban J connectivity index is 1.57. The van der Waals surface area contributed by atoms with Gasteiger partial charge in [0.25, 0.3) is 10.0 Å². The number of rotatable bonds is 8. The van der Waals surface area contributed by atoms with Crippen LogP contribution in [-0.4, -0.2) is 33.5 Å². The highest BCUT2D eigenvalue weighted by molar-refractivity contribution is 7.92. The van der Waals surface area contributed by atoms with Crippen molar-refractivity contribution in [3.8, 4) is 5.75 Å². The summed E-state index contributed by atoms with van der Waals surface area (Å²) in [5.41, 5.74) is 0.235. The second-order valence-electron chi connectivity index (χ2n) is 8.24. The normalized spacial score (nSPS) is 22.3. The maximum absolute atomic E-state index is 13.4.